The fourth-order valence-corrected chi connectivity index (χ4v) is 4.11. The summed E-state index contributed by atoms with van der Waals surface area (Å²) >= 11 is 1.17. The van der Waals surface area contributed by atoms with Crippen molar-refractivity contribution < 1.29 is 23.8 Å². The van der Waals surface area contributed by atoms with Gasteiger partial charge in [-0.05, 0) is 42.5 Å². The van der Waals surface area contributed by atoms with Gasteiger partial charge in [0.05, 0.1) is 43.5 Å². The van der Waals surface area contributed by atoms with Crippen LogP contribution in [0.5, 0.6) is 5.75 Å². The number of methoxy groups -OCH3 is 3. The number of ether oxygens (including phenoxy) is 3. The Balaban J connectivity index is 1.89. The summed E-state index contributed by atoms with van der Waals surface area (Å²) in [4.78, 5) is 42.9. The van der Waals surface area contributed by atoms with Gasteiger partial charge in [-0.3, -0.25) is 19.0 Å². The van der Waals surface area contributed by atoms with Crippen LogP contribution in [-0.2, 0) is 16.0 Å². The van der Waals surface area contributed by atoms with Crippen LogP contribution < -0.4 is 15.6 Å². The maximum absolute atomic E-state index is 13.2. The van der Waals surface area contributed by atoms with Crippen LogP contribution in [-0.4, -0.2) is 68.1 Å². The molecule has 180 valence electrons. The van der Waals surface area contributed by atoms with Crippen LogP contribution in [0.2, 0.25) is 0 Å². The number of fused-ring (bicyclic) bond motifs is 1. The molecule has 2 aromatic carbocycles. The minimum atomic E-state index is -0.284. The van der Waals surface area contributed by atoms with Crippen molar-refractivity contribution >= 4 is 34.4 Å². The first-order chi connectivity index (χ1) is 16.5. The second kappa shape index (κ2) is 12.3. The highest BCUT2D eigenvalue weighted by Gasteiger charge is 2.16. The molecular formula is C24H27N3O6S. The molecule has 1 aromatic heterocycles. The molecule has 0 fully saturated rings. The number of benzene rings is 2. The van der Waals surface area contributed by atoms with E-state index in [-0.39, 0.29) is 29.5 Å². The highest BCUT2D eigenvalue weighted by Crippen LogP contribution is 2.21. The monoisotopic (exact) mass is 485 g/mol. The lowest BCUT2D eigenvalue weighted by molar-refractivity contribution is 0.0936. The summed E-state index contributed by atoms with van der Waals surface area (Å²) in [7, 11) is 4.67. The van der Waals surface area contributed by atoms with Crippen LogP contribution in [0.3, 0.4) is 0 Å². The van der Waals surface area contributed by atoms with Gasteiger partial charge in [-0.2, -0.15) is 0 Å². The molecular weight excluding hydrogens is 458 g/mol. The molecule has 0 aliphatic rings. The third kappa shape index (κ3) is 6.22. The van der Waals surface area contributed by atoms with Crippen molar-refractivity contribution in [2.24, 2.45) is 0 Å². The Morgan fingerprint density at radius 2 is 1.71 bits per heavy atom. The predicted octanol–water partition coefficient (Wildman–Crippen LogP) is 2.40. The van der Waals surface area contributed by atoms with Crippen molar-refractivity contribution in [1.29, 1.82) is 0 Å². The number of carbonyl (C=O) groups is 2. The van der Waals surface area contributed by atoms with E-state index in [1.807, 2.05) is 0 Å². The van der Waals surface area contributed by atoms with E-state index in [2.05, 4.69) is 10.3 Å². The van der Waals surface area contributed by atoms with E-state index in [1.54, 1.807) is 63.8 Å². The average Bonchev–Trinajstić information content (AvgIpc) is 2.86. The predicted molar refractivity (Wildman–Crippen MR) is 130 cm³/mol. The fourth-order valence-electron chi connectivity index (χ4n) is 3.19. The lowest BCUT2D eigenvalue weighted by Crippen LogP contribution is -2.28. The minimum Gasteiger partial charge on any atom is -0.497 e. The molecule has 0 unspecified atom stereocenters. The molecule has 0 atom stereocenters. The van der Waals surface area contributed by atoms with E-state index >= 15 is 0 Å². The minimum absolute atomic E-state index is 0.0917. The van der Waals surface area contributed by atoms with Crippen LogP contribution >= 0.6 is 11.8 Å². The van der Waals surface area contributed by atoms with E-state index in [0.29, 0.717) is 52.7 Å². The van der Waals surface area contributed by atoms with Crippen LogP contribution in [0.4, 0.5) is 0 Å². The summed E-state index contributed by atoms with van der Waals surface area (Å²) in [5.41, 5.74) is 1.05. The molecule has 0 radical (unpaired) electrons. The number of ketones is 1. The molecule has 0 saturated carbocycles. The Kier molecular flexibility index (Phi) is 9.20. The lowest BCUT2D eigenvalue weighted by atomic mass is 10.1. The Morgan fingerprint density at radius 1 is 1.00 bits per heavy atom. The molecule has 0 aliphatic carbocycles. The Labute approximate surface area is 201 Å². The van der Waals surface area contributed by atoms with E-state index in [0.717, 1.165) is 0 Å². The van der Waals surface area contributed by atoms with Crippen LogP contribution in [0.1, 0.15) is 20.7 Å². The third-order valence-corrected chi connectivity index (χ3v) is 6.01. The van der Waals surface area contributed by atoms with Crippen LogP contribution in [0.15, 0.2) is 52.4 Å². The highest BCUT2D eigenvalue weighted by molar-refractivity contribution is 7.99. The Bertz CT molecular complexity index is 1210. The van der Waals surface area contributed by atoms with Gasteiger partial charge < -0.3 is 19.5 Å². The standard InChI is InChI=1S/C24H27N3O6S/c1-31-12-10-25-22(29)17-6-9-19-20(14-17)26-24(27(23(19)30)11-13-32-2)34-15-21(28)16-4-7-18(33-3)8-5-16/h4-9,14H,10-13,15H2,1-3H3,(H,25,29). The van der Waals surface area contributed by atoms with Gasteiger partial charge in [0.15, 0.2) is 10.9 Å². The molecule has 1 amide bonds. The Hall–Kier alpha value is -3.21. The molecule has 0 bridgehead atoms. The topological polar surface area (TPSA) is 109 Å². The fraction of sp³-hybridized carbons (Fsp3) is 0.333. The first kappa shape index (κ1) is 25.4. The van der Waals surface area contributed by atoms with E-state index in [9.17, 15) is 14.4 Å². The van der Waals surface area contributed by atoms with E-state index < -0.39 is 0 Å². The SMILES string of the molecule is COCCNC(=O)c1ccc2c(=O)n(CCOC)c(SCC(=O)c3ccc(OC)cc3)nc2c1. The summed E-state index contributed by atoms with van der Waals surface area (Å²) in [6, 6.07) is 11.6. The molecule has 3 aromatic rings. The van der Waals surface area contributed by atoms with Gasteiger partial charge >= 0.3 is 0 Å². The Morgan fingerprint density at radius 3 is 2.38 bits per heavy atom. The first-order valence-electron chi connectivity index (χ1n) is 10.6. The molecule has 1 N–H and O–H groups in total. The van der Waals surface area contributed by atoms with Crippen molar-refractivity contribution in [3.8, 4) is 5.75 Å². The number of nitrogens with one attached hydrogen (secondary N) is 1. The molecule has 3 rings (SSSR count). The molecule has 10 heteroatoms. The molecule has 34 heavy (non-hydrogen) atoms. The number of thioether (sulfide) groups is 1. The second-order valence-electron chi connectivity index (χ2n) is 7.26. The van der Waals surface area contributed by atoms with Crippen molar-refractivity contribution in [3.63, 3.8) is 0 Å². The number of amides is 1. The van der Waals surface area contributed by atoms with Gasteiger partial charge in [-0.15, -0.1) is 0 Å². The smallest absolute Gasteiger partial charge is 0.262 e. The van der Waals surface area contributed by atoms with Gasteiger partial charge in [-0.25, -0.2) is 4.98 Å². The number of nitrogens with zero attached hydrogens (tertiary/aromatic N) is 2. The largest absolute Gasteiger partial charge is 0.497 e. The summed E-state index contributed by atoms with van der Waals surface area (Å²) in [6.07, 6.45) is 0. The number of hydrogen-bond donors (Lipinski definition) is 1. The van der Waals surface area contributed by atoms with Gasteiger partial charge in [-0.1, -0.05) is 11.8 Å². The number of hydrogen-bond acceptors (Lipinski definition) is 8. The summed E-state index contributed by atoms with van der Waals surface area (Å²) in [5, 5.41) is 3.52. The molecule has 9 nitrogen and oxygen atoms in total. The van der Waals surface area contributed by atoms with Crippen molar-refractivity contribution in [3.05, 3.63) is 63.9 Å². The quantitative estimate of drug-likeness (QED) is 0.180. The van der Waals surface area contributed by atoms with Crippen molar-refractivity contribution in [2.75, 3.05) is 46.8 Å². The van der Waals surface area contributed by atoms with Crippen LogP contribution in [0.25, 0.3) is 10.9 Å². The second-order valence-corrected chi connectivity index (χ2v) is 8.21. The molecule has 0 saturated heterocycles. The highest BCUT2D eigenvalue weighted by atomic mass is 32.2. The zero-order valence-electron chi connectivity index (χ0n) is 19.3. The van der Waals surface area contributed by atoms with E-state index in [4.69, 9.17) is 14.2 Å². The van der Waals surface area contributed by atoms with Gasteiger partial charge in [0.1, 0.15) is 5.75 Å². The number of Topliss-reactive ketones (excluding diaryl/α,β-unsaturated/α-hetero) is 1. The third-order valence-electron chi connectivity index (χ3n) is 5.04. The van der Waals surface area contributed by atoms with Crippen molar-refractivity contribution in [2.45, 2.75) is 11.7 Å². The van der Waals surface area contributed by atoms with E-state index in [1.165, 1.54) is 16.3 Å². The van der Waals surface area contributed by atoms with Gasteiger partial charge in [0.25, 0.3) is 11.5 Å². The average molecular weight is 486 g/mol. The maximum atomic E-state index is 13.2. The number of carbonyl (C=O) groups excluding carboxylic acids is 2. The summed E-state index contributed by atoms with van der Waals surface area (Å²) in [6.45, 7) is 1.36. The van der Waals surface area contributed by atoms with Gasteiger partial charge in [0, 0.05) is 31.9 Å². The lowest BCUT2D eigenvalue weighted by Gasteiger charge is -2.13. The molecule has 1 heterocycles. The van der Waals surface area contributed by atoms with Gasteiger partial charge in [0.2, 0.25) is 0 Å². The summed E-state index contributed by atoms with van der Waals surface area (Å²) < 4.78 is 16.7. The van der Waals surface area contributed by atoms with Crippen LogP contribution in [0, 0.1) is 0 Å². The number of aromatic nitrogens is 2. The zero-order chi connectivity index (χ0) is 24.5. The molecule has 0 spiro atoms. The first-order valence-corrected chi connectivity index (χ1v) is 11.6. The van der Waals surface area contributed by atoms with Crippen molar-refractivity contribution in [1.82, 2.24) is 14.9 Å². The summed E-state index contributed by atoms with van der Waals surface area (Å²) in [5.74, 6) is 0.365. The maximum Gasteiger partial charge on any atom is 0.262 e. The zero-order valence-corrected chi connectivity index (χ0v) is 20.1. The normalized spacial score (nSPS) is 10.9. The molecule has 0 aliphatic heterocycles. The number of rotatable bonds is 12.